The van der Waals surface area contributed by atoms with Crippen LogP contribution >= 0.6 is 12.2 Å². The number of aromatic nitrogens is 2. The summed E-state index contributed by atoms with van der Waals surface area (Å²) in [4.78, 5) is 8.81. The summed E-state index contributed by atoms with van der Waals surface area (Å²) >= 11 is 5.40. The highest BCUT2D eigenvalue weighted by Gasteiger charge is 2.33. The van der Waals surface area contributed by atoms with Crippen molar-refractivity contribution in [1.29, 1.82) is 0 Å². The lowest BCUT2D eigenvalue weighted by Gasteiger charge is -2.31. The van der Waals surface area contributed by atoms with Crippen LogP contribution in [-0.4, -0.2) is 22.1 Å². The van der Waals surface area contributed by atoms with Crippen LogP contribution in [0.2, 0.25) is 0 Å². The molecule has 0 saturated carbocycles. The molecule has 0 bridgehead atoms. The van der Waals surface area contributed by atoms with Crippen molar-refractivity contribution in [3.05, 3.63) is 58.2 Å². The minimum Gasteiger partial charge on any atom is -0.481 e. The second-order valence-corrected chi connectivity index (χ2v) is 10.0. The number of hydrogen-bond acceptors (Lipinski definition) is 5. The summed E-state index contributed by atoms with van der Waals surface area (Å²) in [5.74, 6) is -5.98. The number of thiocarbonyl (C=S) groups is 1. The summed E-state index contributed by atoms with van der Waals surface area (Å²) < 4.78 is 67.3. The molecular formula is C23H28F4N2O2S. The maximum atomic E-state index is 14.4. The monoisotopic (exact) mass is 472 g/mol. The molecule has 0 aliphatic heterocycles. The Balaban J connectivity index is 2.33. The van der Waals surface area contributed by atoms with Crippen LogP contribution in [0.5, 0.6) is 0 Å². The summed E-state index contributed by atoms with van der Waals surface area (Å²) in [6.45, 7) is 10.3. The molecule has 0 aliphatic carbocycles. The summed E-state index contributed by atoms with van der Waals surface area (Å²) in [6, 6.07) is 0. The third-order valence-corrected chi connectivity index (χ3v) is 5.22. The van der Waals surface area contributed by atoms with Crippen LogP contribution in [0.4, 0.5) is 17.6 Å². The van der Waals surface area contributed by atoms with Gasteiger partial charge in [-0.15, -0.1) is 0 Å². The van der Waals surface area contributed by atoms with E-state index in [1.165, 1.54) is 0 Å². The molecule has 32 heavy (non-hydrogen) atoms. The van der Waals surface area contributed by atoms with Crippen molar-refractivity contribution in [3.8, 4) is 0 Å². The normalized spacial score (nSPS) is 13.2. The molecule has 0 N–H and O–H groups in total. The molecule has 9 heteroatoms. The summed E-state index contributed by atoms with van der Waals surface area (Å²) in [6.07, 6.45) is 3.28. The van der Waals surface area contributed by atoms with E-state index in [2.05, 4.69) is 14.7 Å². The lowest BCUT2D eigenvalue weighted by molar-refractivity contribution is 0.174. The fourth-order valence-corrected chi connectivity index (χ4v) is 3.76. The van der Waals surface area contributed by atoms with E-state index in [1.54, 1.807) is 12.4 Å². The smallest absolute Gasteiger partial charge is 0.168 e. The van der Waals surface area contributed by atoms with Gasteiger partial charge in [-0.25, -0.2) is 27.5 Å². The molecule has 0 saturated heterocycles. The molecule has 0 radical (unpaired) electrons. The molecule has 176 valence electrons. The van der Waals surface area contributed by atoms with Crippen molar-refractivity contribution in [2.45, 2.75) is 66.1 Å². The second-order valence-electron chi connectivity index (χ2n) is 9.64. The highest BCUT2D eigenvalue weighted by atomic mass is 32.1. The zero-order chi connectivity index (χ0) is 24.4. The molecule has 1 aromatic carbocycles. The second kappa shape index (κ2) is 9.79. The highest BCUT2D eigenvalue weighted by Crippen LogP contribution is 2.37. The summed E-state index contributed by atoms with van der Waals surface area (Å²) in [5, 5.41) is 0.00481. The summed E-state index contributed by atoms with van der Waals surface area (Å²) in [5.41, 5.74) is -1.75. The lowest BCUT2D eigenvalue weighted by Crippen LogP contribution is -2.28. The molecule has 1 atom stereocenters. The SMILES string of the molecule is COCc1c(F)c(F)c(COC(=S)C(c2cnc(C(C)(C)C)nc2)C(C)(C)C)c(F)c1F. The topological polar surface area (TPSA) is 44.2 Å². The molecular weight excluding hydrogens is 444 g/mol. The van der Waals surface area contributed by atoms with Crippen LogP contribution in [0, 0.1) is 28.7 Å². The van der Waals surface area contributed by atoms with E-state index >= 15 is 0 Å². The van der Waals surface area contributed by atoms with E-state index in [9.17, 15) is 17.6 Å². The lowest BCUT2D eigenvalue weighted by atomic mass is 9.77. The number of benzene rings is 1. The van der Waals surface area contributed by atoms with Crippen LogP contribution in [0.1, 0.15) is 70.0 Å². The van der Waals surface area contributed by atoms with E-state index in [1.807, 2.05) is 41.5 Å². The molecule has 0 aliphatic rings. The van der Waals surface area contributed by atoms with E-state index < -0.39 is 58.9 Å². The fourth-order valence-electron chi connectivity index (χ4n) is 3.21. The van der Waals surface area contributed by atoms with Crippen LogP contribution in [0.25, 0.3) is 0 Å². The van der Waals surface area contributed by atoms with Gasteiger partial charge in [0.1, 0.15) is 12.4 Å². The first-order chi connectivity index (χ1) is 14.7. The number of methoxy groups -OCH3 is 1. The average Bonchev–Trinajstić information content (AvgIpc) is 2.68. The number of rotatable bonds is 6. The van der Waals surface area contributed by atoms with Crippen LogP contribution < -0.4 is 0 Å². The van der Waals surface area contributed by atoms with Gasteiger partial charge in [-0.1, -0.05) is 41.5 Å². The number of halogens is 4. The zero-order valence-corrected chi connectivity index (χ0v) is 20.1. The Morgan fingerprint density at radius 2 is 1.31 bits per heavy atom. The first-order valence-electron chi connectivity index (χ1n) is 10.0. The van der Waals surface area contributed by atoms with E-state index in [4.69, 9.17) is 17.0 Å². The van der Waals surface area contributed by atoms with Gasteiger partial charge < -0.3 is 9.47 Å². The van der Waals surface area contributed by atoms with E-state index in [0.717, 1.165) is 7.11 Å². The molecule has 0 spiro atoms. The minimum atomic E-state index is -1.54. The van der Waals surface area contributed by atoms with E-state index in [0.29, 0.717) is 11.4 Å². The Morgan fingerprint density at radius 3 is 1.69 bits per heavy atom. The molecule has 0 amide bonds. The van der Waals surface area contributed by atoms with Gasteiger partial charge in [-0.05, 0) is 17.6 Å². The van der Waals surface area contributed by atoms with Gasteiger partial charge in [0.25, 0.3) is 0 Å². The maximum Gasteiger partial charge on any atom is 0.168 e. The number of hydrogen-bond donors (Lipinski definition) is 0. The van der Waals surface area contributed by atoms with Gasteiger partial charge in [-0.2, -0.15) is 0 Å². The van der Waals surface area contributed by atoms with Gasteiger partial charge in [0.15, 0.2) is 28.3 Å². The van der Waals surface area contributed by atoms with Crippen LogP contribution in [-0.2, 0) is 28.1 Å². The largest absolute Gasteiger partial charge is 0.481 e. The summed E-state index contributed by atoms with van der Waals surface area (Å²) in [7, 11) is 1.16. The van der Waals surface area contributed by atoms with Gasteiger partial charge in [-0.3, -0.25) is 0 Å². The molecule has 0 fully saturated rings. The van der Waals surface area contributed by atoms with Crippen LogP contribution in [0.3, 0.4) is 0 Å². The first-order valence-corrected chi connectivity index (χ1v) is 10.4. The van der Waals surface area contributed by atoms with Crippen molar-refractivity contribution < 1.29 is 27.0 Å². The van der Waals surface area contributed by atoms with Crippen molar-refractivity contribution in [2.24, 2.45) is 5.41 Å². The maximum absolute atomic E-state index is 14.4. The Labute approximate surface area is 191 Å². The van der Waals surface area contributed by atoms with E-state index in [-0.39, 0.29) is 10.5 Å². The first kappa shape index (κ1) is 26.1. The number of ether oxygens (including phenoxy) is 2. The quantitative estimate of drug-likeness (QED) is 0.287. The minimum absolute atomic E-state index is 0.00481. The van der Waals surface area contributed by atoms with Crippen LogP contribution in [0.15, 0.2) is 12.4 Å². The molecule has 2 rings (SSSR count). The average molecular weight is 473 g/mol. The molecule has 1 unspecified atom stereocenters. The third kappa shape index (κ3) is 5.61. The predicted molar refractivity (Wildman–Crippen MR) is 117 cm³/mol. The van der Waals surface area contributed by atoms with Gasteiger partial charge >= 0.3 is 0 Å². The Morgan fingerprint density at radius 1 is 0.875 bits per heavy atom. The Hall–Kier alpha value is -2.13. The molecule has 2 aromatic rings. The van der Waals surface area contributed by atoms with Crippen molar-refractivity contribution in [3.63, 3.8) is 0 Å². The van der Waals surface area contributed by atoms with Crippen molar-refractivity contribution in [1.82, 2.24) is 9.97 Å². The molecule has 1 heterocycles. The van der Waals surface area contributed by atoms with Gasteiger partial charge in [0, 0.05) is 30.5 Å². The van der Waals surface area contributed by atoms with Crippen molar-refractivity contribution >= 4 is 17.3 Å². The third-order valence-electron chi connectivity index (χ3n) is 4.87. The van der Waals surface area contributed by atoms with Gasteiger partial charge in [0.05, 0.1) is 23.7 Å². The van der Waals surface area contributed by atoms with Crippen molar-refractivity contribution in [2.75, 3.05) is 7.11 Å². The number of nitrogens with zero attached hydrogens (tertiary/aromatic N) is 2. The standard InChI is InChI=1S/C23H28F4N2O2S/c1-22(2,3)15(12-8-28-21(29-9-12)23(4,5)6)20(32)31-11-14-18(26)16(24)13(10-30-7)17(25)19(14)27/h8-9,15H,10-11H2,1-7H3. The Kier molecular flexibility index (Phi) is 7.99. The predicted octanol–water partition coefficient (Wildman–Crippen LogP) is 6.15. The molecule has 1 aromatic heterocycles. The highest BCUT2D eigenvalue weighted by molar-refractivity contribution is 7.80. The van der Waals surface area contributed by atoms with Gasteiger partial charge in [0.2, 0.25) is 0 Å². The fraction of sp³-hybridized carbons (Fsp3) is 0.522. The Bertz CT molecular complexity index is 954. The molecule has 4 nitrogen and oxygen atoms in total. The zero-order valence-electron chi connectivity index (χ0n) is 19.3.